The van der Waals surface area contributed by atoms with E-state index in [2.05, 4.69) is 24.4 Å². The van der Waals surface area contributed by atoms with Crippen molar-refractivity contribution in [1.29, 1.82) is 0 Å². The first-order valence-electron chi connectivity index (χ1n) is 6.71. The van der Waals surface area contributed by atoms with E-state index in [9.17, 15) is 4.79 Å². The van der Waals surface area contributed by atoms with E-state index in [0.29, 0.717) is 11.9 Å². The average molecular weight is 221 g/mol. The van der Waals surface area contributed by atoms with Crippen LogP contribution in [0.25, 0.3) is 0 Å². The molecule has 0 aromatic heterocycles. The van der Waals surface area contributed by atoms with Gasteiger partial charge in [-0.05, 0) is 38.0 Å². The molecule has 2 aliphatic rings. The van der Waals surface area contributed by atoms with Crippen LogP contribution in [0.3, 0.4) is 0 Å². The van der Waals surface area contributed by atoms with Crippen LogP contribution in [-0.2, 0) is 4.79 Å². The van der Waals surface area contributed by atoms with Gasteiger partial charge < -0.3 is 5.32 Å². The molecule has 16 heavy (non-hydrogen) atoms. The topological polar surface area (TPSA) is 29.1 Å². The van der Waals surface area contributed by atoms with Gasteiger partial charge in [0.05, 0.1) is 0 Å². The molecule has 90 valence electrons. The quantitative estimate of drug-likeness (QED) is 0.713. The number of nitrogens with one attached hydrogen (secondary N) is 1. The molecule has 2 heteroatoms. The van der Waals surface area contributed by atoms with Gasteiger partial charge in [0.2, 0.25) is 5.91 Å². The van der Waals surface area contributed by atoms with E-state index in [-0.39, 0.29) is 5.92 Å². The Balaban J connectivity index is 1.79. The van der Waals surface area contributed by atoms with Gasteiger partial charge >= 0.3 is 0 Å². The van der Waals surface area contributed by atoms with Crippen molar-refractivity contribution < 1.29 is 4.79 Å². The van der Waals surface area contributed by atoms with Crippen molar-refractivity contribution in [3.8, 4) is 0 Å². The summed E-state index contributed by atoms with van der Waals surface area (Å²) in [7, 11) is 0. The zero-order valence-electron chi connectivity index (χ0n) is 10.2. The summed E-state index contributed by atoms with van der Waals surface area (Å²) < 4.78 is 0. The van der Waals surface area contributed by atoms with Gasteiger partial charge in [-0.1, -0.05) is 31.9 Å². The van der Waals surface area contributed by atoms with Crippen LogP contribution < -0.4 is 5.32 Å². The Morgan fingerprint density at radius 1 is 1.25 bits per heavy atom. The van der Waals surface area contributed by atoms with Gasteiger partial charge in [0.25, 0.3) is 0 Å². The van der Waals surface area contributed by atoms with E-state index in [1.165, 1.54) is 25.7 Å². The zero-order valence-corrected chi connectivity index (χ0v) is 10.2. The number of carbonyl (C=O) groups is 1. The van der Waals surface area contributed by atoms with Crippen molar-refractivity contribution in [1.82, 2.24) is 5.32 Å². The Labute approximate surface area is 98.5 Å². The van der Waals surface area contributed by atoms with Crippen molar-refractivity contribution in [2.24, 2.45) is 11.8 Å². The fraction of sp³-hybridized carbons (Fsp3) is 0.786. The Morgan fingerprint density at radius 2 is 2.12 bits per heavy atom. The molecule has 0 aromatic carbocycles. The molecule has 3 unspecified atom stereocenters. The Hall–Kier alpha value is -0.790. The van der Waals surface area contributed by atoms with E-state index in [0.717, 1.165) is 25.2 Å². The average Bonchev–Trinajstić information content (AvgIpc) is 2.30. The number of rotatable bonds is 2. The fourth-order valence-electron chi connectivity index (χ4n) is 2.92. The van der Waals surface area contributed by atoms with Crippen molar-refractivity contribution in [3.63, 3.8) is 0 Å². The maximum Gasteiger partial charge on any atom is 0.223 e. The minimum atomic E-state index is 0.238. The predicted octanol–water partition coefficient (Wildman–Crippen LogP) is 3.04. The second-order valence-electron chi connectivity index (χ2n) is 5.46. The third kappa shape index (κ3) is 3.10. The summed E-state index contributed by atoms with van der Waals surface area (Å²) >= 11 is 0. The molecule has 2 rings (SSSR count). The normalized spacial score (nSPS) is 34.7. The molecule has 1 N–H and O–H groups in total. The zero-order chi connectivity index (χ0) is 11.4. The summed E-state index contributed by atoms with van der Waals surface area (Å²) in [6, 6.07) is 0.446. The summed E-state index contributed by atoms with van der Waals surface area (Å²) in [4.78, 5) is 12.0. The van der Waals surface area contributed by atoms with Crippen LogP contribution in [0.4, 0.5) is 0 Å². The second-order valence-corrected chi connectivity index (χ2v) is 5.46. The highest BCUT2D eigenvalue weighted by Crippen LogP contribution is 2.25. The molecule has 0 heterocycles. The lowest BCUT2D eigenvalue weighted by Crippen LogP contribution is -2.41. The minimum Gasteiger partial charge on any atom is -0.353 e. The maximum atomic E-state index is 12.0. The van der Waals surface area contributed by atoms with E-state index in [4.69, 9.17) is 0 Å². The number of hydrogen-bond donors (Lipinski definition) is 1. The lowest BCUT2D eigenvalue weighted by atomic mass is 9.86. The van der Waals surface area contributed by atoms with Gasteiger partial charge in [0, 0.05) is 12.0 Å². The van der Waals surface area contributed by atoms with E-state index >= 15 is 0 Å². The van der Waals surface area contributed by atoms with Gasteiger partial charge in [-0.25, -0.2) is 0 Å². The molecule has 2 nitrogen and oxygen atoms in total. The van der Waals surface area contributed by atoms with Crippen molar-refractivity contribution in [2.75, 3.05) is 0 Å². The monoisotopic (exact) mass is 221 g/mol. The third-order valence-electron chi connectivity index (χ3n) is 3.92. The highest BCUT2D eigenvalue weighted by molar-refractivity contribution is 5.79. The van der Waals surface area contributed by atoms with Crippen LogP contribution in [0, 0.1) is 11.8 Å². The van der Waals surface area contributed by atoms with Crippen LogP contribution in [0.1, 0.15) is 51.9 Å². The van der Waals surface area contributed by atoms with E-state index in [1.807, 2.05) is 0 Å². The van der Waals surface area contributed by atoms with Crippen molar-refractivity contribution >= 4 is 5.91 Å². The van der Waals surface area contributed by atoms with Crippen LogP contribution in [-0.4, -0.2) is 11.9 Å². The molecule has 1 amide bonds. The smallest absolute Gasteiger partial charge is 0.223 e. The van der Waals surface area contributed by atoms with Gasteiger partial charge in [-0.2, -0.15) is 0 Å². The molecule has 0 spiro atoms. The maximum absolute atomic E-state index is 12.0. The third-order valence-corrected chi connectivity index (χ3v) is 3.92. The van der Waals surface area contributed by atoms with Gasteiger partial charge in [0.15, 0.2) is 0 Å². The molecule has 0 aromatic rings. The van der Waals surface area contributed by atoms with E-state index in [1.54, 1.807) is 0 Å². The lowest BCUT2D eigenvalue weighted by molar-refractivity contribution is -0.126. The minimum absolute atomic E-state index is 0.238. The number of allylic oxidation sites excluding steroid dienone is 2. The van der Waals surface area contributed by atoms with E-state index < -0.39 is 0 Å². The number of amides is 1. The first kappa shape index (κ1) is 11.7. The summed E-state index contributed by atoms with van der Waals surface area (Å²) in [5, 5.41) is 3.25. The number of hydrogen-bond acceptors (Lipinski definition) is 1. The second kappa shape index (κ2) is 5.51. The standard InChI is InChI=1S/C14H23NO/c1-11-6-5-9-13(10-11)15-14(16)12-7-3-2-4-8-12/h2-3,11-13H,4-10H2,1H3,(H,15,16). The molecule has 0 saturated heterocycles. The first-order valence-corrected chi connectivity index (χ1v) is 6.71. The van der Waals surface area contributed by atoms with Crippen molar-refractivity contribution in [3.05, 3.63) is 12.2 Å². The van der Waals surface area contributed by atoms with Crippen LogP contribution in [0.15, 0.2) is 12.2 Å². The lowest BCUT2D eigenvalue weighted by Gasteiger charge is -2.29. The largest absolute Gasteiger partial charge is 0.353 e. The van der Waals surface area contributed by atoms with Gasteiger partial charge in [0.1, 0.15) is 0 Å². The summed E-state index contributed by atoms with van der Waals surface area (Å²) in [6.45, 7) is 2.29. The molecule has 0 aliphatic heterocycles. The molecule has 1 fully saturated rings. The summed E-state index contributed by atoms with van der Waals surface area (Å²) in [5.74, 6) is 1.32. The molecule has 0 bridgehead atoms. The summed E-state index contributed by atoms with van der Waals surface area (Å²) in [6.07, 6.45) is 12.3. The molecular weight excluding hydrogens is 198 g/mol. The molecule has 0 radical (unpaired) electrons. The molecule has 3 atom stereocenters. The van der Waals surface area contributed by atoms with Crippen LogP contribution in [0.5, 0.6) is 0 Å². The van der Waals surface area contributed by atoms with Gasteiger partial charge in [-0.3, -0.25) is 4.79 Å². The highest BCUT2D eigenvalue weighted by Gasteiger charge is 2.24. The summed E-state index contributed by atoms with van der Waals surface area (Å²) in [5.41, 5.74) is 0. The first-order chi connectivity index (χ1) is 7.75. The van der Waals surface area contributed by atoms with Crippen molar-refractivity contribution in [2.45, 2.75) is 57.9 Å². The molecule has 2 aliphatic carbocycles. The molecule has 1 saturated carbocycles. The Morgan fingerprint density at radius 3 is 2.81 bits per heavy atom. The van der Waals surface area contributed by atoms with Crippen LogP contribution in [0.2, 0.25) is 0 Å². The fourth-order valence-corrected chi connectivity index (χ4v) is 2.92. The highest BCUT2D eigenvalue weighted by atomic mass is 16.1. The van der Waals surface area contributed by atoms with Gasteiger partial charge in [-0.15, -0.1) is 0 Å². The SMILES string of the molecule is CC1CCCC(NC(=O)C2CC=CCC2)C1. The Bertz CT molecular complexity index is 272. The Kier molecular flexibility index (Phi) is 4.03. The molecular formula is C14H23NO. The van der Waals surface area contributed by atoms with Crippen LogP contribution >= 0.6 is 0 Å². The number of carbonyl (C=O) groups excluding carboxylic acids is 1. The predicted molar refractivity (Wildman–Crippen MR) is 66.0 cm³/mol.